The van der Waals surface area contributed by atoms with Crippen molar-refractivity contribution in [3.05, 3.63) is 415 Å². The van der Waals surface area contributed by atoms with E-state index in [1.807, 2.05) is 30.3 Å². The molecular formula is C120H101BN6. The summed E-state index contributed by atoms with van der Waals surface area (Å²) in [5, 5.41) is 5.65. The molecule has 0 aliphatic carbocycles. The van der Waals surface area contributed by atoms with Crippen LogP contribution in [0.4, 0.5) is 22.7 Å². The molecule has 4 aromatic heterocycles. The topological polar surface area (TPSA) is 26.2 Å². The first-order valence-corrected chi connectivity index (χ1v) is 44.5. The lowest BCUT2D eigenvalue weighted by atomic mass is 9.33. The first kappa shape index (κ1) is 65.3. The van der Waals surface area contributed by atoms with E-state index in [9.17, 15) is 16.4 Å². The molecule has 23 rings (SSSR count). The summed E-state index contributed by atoms with van der Waals surface area (Å²) in [7, 11) is 0. The highest BCUT2D eigenvalue weighted by atomic mass is 15.2. The molecule has 7 heteroatoms. The van der Waals surface area contributed by atoms with E-state index >= 15 is 0 Å². The number of hydrogen-bond acceptors (Lipinski definition) is 2. The van der Waals surface area contributed by atoms with Gasteiger partial charge in [-0.1, -0.05) is 329 Å². The van der Waals surface area contributed by atoms with Crippen LogP contribution in [-0.2, 0) is 48.7 Å². The normalized spacial score (nSPS) is 14.2. The van der Waals surface area contributed by atoms with Gasteiger partial charge in [-0.3, -0.25) is 0 Å². The summed E-state index contributed by atoms with van der Waals surface area (Å²) < 4.78 is 124. The Kier molecular flexibility index (Phi) is 15.5. The Bertz CT molecular complexity index is 8420. The van der Waals surface area contributed by atoms with Gasteiger partial charge in [-0.15, -0.1) is 0 Å². The number of rotatable bonds is 16. The van der Waals surface area contributed by atoms with Gasteiger partial charge in [0.25, 0.3) is 6.71 Å². The number of aromatic nitrogens is 4. The van der Waals surface area contributed by atoms with Crippen LogP contribution in [0, 0.1) is 0 Å². The molecule has 0 saturated carbocycles. The van der Waals surface area contributed by atoms with Crippen LogP contribution in [-0.4, -0.2) is 31.5 Å². The highest BCUT2D eigenvalue weighted by molar-refractivity contribution is 7.00. The maximum absolute atomic E-state index is 10.1. The van der Waals surface area contributed by atoms with Gasteiger partial charge in [-0.2, -0.15) is 0 Å². The highest BCUT2D eigenvalue weighted by Crippen LogP contribution is 2.48. The molecule has 21 aromatic rings. The summed E-state index contributed by atoms with van der Waals surface area (Å²) in [5.41, 5.74) is 29.1. The minimum Gasteiger partial charge on any atom is -0.342 e. The molecule has 2 aliphatic heterocycles. The second kappa shape index (κ2) is 30.2. The minimum atomic E-state index is -0.527. The van der Waals surface area contributed by atoms with Crippen molar-refractivity contribution in [3.63, 3.8) is 0 Å². The van der Waals surface area contributed by atoms with Crippen molar-refractivity contribution in [3.8, 4) is 55.9 Å². The van der Waals surface area contributed by atoms with Crippen molar-refractivity contribution < 1.29 is 16.4 Å². The van der Waals surface area contributed by atoms with Crippen LogP contribution < -0.4 is 26.2 Å². The quantitative estimate of drug-likeness (QED) is 0.0901. The smallest absolute Gasteiger partial charge is 0.252 e. The first-order chi connectivity index (χ1) is 66.8. The number of benzene rings is 17. The van der Waals surface area contributed by atoms with E-state index in [0.717, 1.165) is 150 Å². The molecule has 17 aromatic carbocycles. The zero-order valence-electron chi connectivity index (χ0n) is 84.9. The molecule has 6 heterocycles. The maximum Gasteiger partial charge on any atom is 0.252 e. The van der Waals surface area contributed by atoms with Crippen LogP contribution in [0.1, 0.15) is 118 Å². The second-order valence-corrected chi connectivity index (χ2v) is 37.8. The lowest BCUT2D eigenvalue weighted by molar-refractivity contribution is 0.590. The monoisotopic (exact) mass is 1650 g/mol. The molecule has 127 heavy (non-hydrogen) atoms. The van der Waals surface area contributed by atoms with Crippen molar-refractivity contribution >= 4 is 133 Å². The predicted octanol–water partition coefficient (Wildman–Crippen LogP) is 28.8. The van der Waals surface area contributed by atoms with E-state index in [4.69, 9.17) is 0 Å². The molecule has 0 fully saturated rings. The molecule has 0 bridgehead atoms. The van der Waals surface area contributed by atoms with Gasteiger partial charge in [0.1, 0.15) is 0 Å². The van der Waals surface area contributed by atoms with Crippen molar-refractivity contribution in [1.29, 1.82) is 0 Å². The van der Waals surface area contributed by atoms with Crippen LogP contribution in [0.25, 0.3) is 143 Å². The average Bonchev–Trinajstić information content (AvgIpc) is 1.68. The van der Waals surface area contributed by atoms with Gasteiger partial charge in [0, 0.05) is 125 Å². The molecule has 0 N–H and O–H groups in total. The van der Waals surface area contributed by atoms with Crippen LogP contribution >= 0.6 is 0 Å². The number of anilines is 4. The van der Waals surface area contributed by atoms with Gasteiger partial charge < -0.3 is 28.1 Å². The second-order valence-electron chi connectivity index (χ2n) is 37.8. The van der Waals surface area contributed by atoms with Crippen molar-refractivity contribution in [2.75, 3.05) is 16.3 Å². The van der Waals surface area contributed by atoms with Crippen molar-refractivity contribution in [2.45, 2.75) is 111 Å². The van der Waals surface area contributed by atoms with Crippen LogP contribution in [0.15, 0.2) is 376 Å². The predicted molar refractivity (Wildman–Crippen MR) is 542 cm³/mol. The van der Waals surface area contributed by atoms with Crippen LogP contribution in [0.3, 0.4) is 0 Å². The number of para-hydroxylation sites is 5. The zero-order chi connectivity index (χ0) is 96.2. The van der Waals surface area contributed by atoms with Crippen LogP contribution in [0.5, 0.6) is 0 Å². The summed E-state index contributed by atoms with van der Waals surface area (Å²) >= 11 is 0. The molecule has 0 saturated heterocycles. The van der Waals surface area contributed by atoms with Gasteiger partial charge in [-0.25, -0.2) is 0 Å². The molecular weight excluding hydrogens is 1540 g/mol. The fraction of sp³-hybridized carbons (Fsp3) is 0.150. The third-order valence-corrected chi connectivity index (χ3v) is 27.0. The minimum absolute atomic E-state index is 0.0154. The lowest BCUT2D eigenvalue weighted by Gasteiger charge is -2.45. The van der Waals surface area contributed by atoms with Crippen molar-refractivity contribution in [2.24, 2.45) is 0 Å². The average molecular weight is 1650 g/mol. The van der Waals surface area contributed by atoms with Crippen molar-refractivity contribution in [1.82, 2.24) is 18.3 Å². The summed E-state index contributed by atoms with van der Waals surface area (Å²) in [6.07, 6.45) is 0.834. The molecule has 0 unspecified atom stereocenters. The fourth-order valence-corrected chi connectivity index (χ4v) is 20.6. The SMILES string of the molecule is [2H]c1c([2H])c([2H])c2c(c1[2H])c1cc(-n3c4ccccc4c4ccccc43)ccc1n2CCc1cc2c3c(c1)N(Cc1c(-c4ccccc4)cc(C(C)(C)C)cc1-c1ccccc1)c1cc(Cn4c5ccc(C(C)(C)C)cc5c5cc(C(C)(C)C)ccc54)ccc1B3c1ccc(-n3c4c([2H])c([2H])c([2H])c([2H])c4c4c([2H])c([2H])c([2H])c([2H])c43)cc1N2CCc1cc(-c2ccccc2)cc(-c2ccccc2)c1. The Labute approximate surface area is 761 Å². The van der Waals surface area contributed by atoms with Crippen LogP contribution in [0.2, 0.25) is 0 Å². The van der Waals surface area contributed by atoms with E-state index in [1.54, 1.807) is 4.57 Å². The van der Waals surface area contributed by atoms with E-state index in [-0.39, 0.29) is 68.8 Å². The molecule has 614 valence electrons. The largest absolute Gasteiger partial charge is 0.342 e. The summed E-state index contributed by atoms with van der Waals surface area (Å²) in [5.74, 6) is 0. The number of nitrogens with zero attached hydrogens (tertiary/aromatic N) is 6. The highest BCUT2D eigenvalue weighted by Gasteiger charge is 2.44. The summed E-state index contributed by atoms with van der Waals surface area (Å²) in [6.45, 7) is 21.5. The number of fused-ring (bicyclic) bond motifs is 16. The fourth-order valence-electron chi connectivity index (χ4n) is 20.6. The standard InChI is InChI=1S/C120H101BN6/c1-118(2,3)87-51-57-107-99(70-87)100-71-88(119(4,5)6)52-58-108(100)124(107)76-80-50-55-103-113(68-80)125(77-102-97(83-36-18-12-19-37-83)72-89(120(7,8)9)73-98(102)84-38-20-13-21-39-84)116-67-79(61-62-122-105-45-27-22-44-96(105)101-74-90(54-59-106(101)122)126-109-46-28-23-40-92(109)93-41-24-29-47-110(93)126)66-115-117(116)121(103)104-56-53-91(127-111-48-30-25-42-94(111)95-43-26-31-49-112(95)127)75-114(104)123(115)63-60-78-64-85(81-32-14-10-15-33-81)69-86(65-78)82-34-16-11-17-35-82/h10-59,64-75H,60-63,76-77H2,1-9H3/i22D,25D,26D,27D,30D,31D,42D,43D,44D,45D,48D,49D. The Hall–Kier alpha value is -14.4. The van der Waals surface area contributed by atoms with Gasteiger partial charge >= 0.3 is 0 Å². The number of aryl methyl sites for hydroxylation is 2. The maximum atomic E-state index is 10.1. The third kappa shape index (κ3) is 13.3. The molecule has 2 aliphatic rings. The summed E-state index contributed by atoms with van der Waals surface area (Å²) in [4.78, 5) is 5.03. The van der Waals surface area contributed by atoms with E-state index in [2.05, 4.69) is 359 Å². The Balaban J connectivity index is 0.816. The lowest BCUT2D eigenvalue weighted by Crippen LogP contribution is -2.62. The molecule has 0 amide bonds. The Morgan fingerprint density at radius 1 is 0.268 bits per heavy atom. The Morgan fingerprint density at radius 2 is 0.685 bits per heavy atom. The Morgan fingerprint density at radius 3 is 1.24 bits per heavy atom. The first-order valence-electron chi connectivity index (χ1n) is 50.5. The molecule has 6 nitrogen and oxygen atoms in total. The van der Waals surface area contributed by atoms with E-state index in [1.165, 1.54) is 27.5 Å². The van der Waals surface area contributed by atoms with E-state index < -0.39 is 55.1 Å². The molecule has 0 spiro atoms. The van der Waals surface area contributed by atoms with Gasteiger partial charge in [0.05, 0.1) is 38.5 Å². The van der Waals surface area contributed by atoms with Gasteiger partial charge in [0.15, 0.2) is 0 Å². The zero-order valence-corrected chi connectivity index (χ0v) is 72.9. The third-order valence-electron chi connectivity index (χ3n) is 27.0. The van der Waals surface area contributed by atoms with Gasteiger partial charge in [-0.05, 0) is 238 Å². The molecule has 0 radical (unpaired) electrons. The number of hydrogen-bond donors (Lipinski definition) is 0. The van der Waals surface area contributed by atoms with Gasteiger partial charge in [0.2, 0.25) is 0 Å². The van der Waals surface area contributed by atoms with E-state index in [0.29, 0.717) is 54.5 Å². The molecule has 0 atom stereocenters. The summed E-state index contributed by atoms with van der Waals surface area (Å²) in [6, 6.07) is 105.